The molecule has 0 radical (unpaired) electrons. The molecule has 0 aliphatic heterocycles. The van der Waals surface area contributed by atoms with Crippen LogP contribution in [-0.4, -0.2) is 10.2 Å². The molecule has 22 heavy (non-hydrogen) atoms. The van der Waals surface area contributed by atoms with E-state index < -0.39 is 11.6 Å². The monoisotopic (exact) mass is 360 g/mol. The van der Waals surface area contributed by atoms with Gasteiger partial charge in [-0.1, -0.05) is 36.4 Å². The number of halogens is 3. The molecule has 0 bridgehead atoms. The molecule has 0 amide bonds. The zero-order chi connectivity index (χ0) is 15.7. The second-order valence-corrected chi connectivity index (χ2v) is 5.54. The number of hydrogen-bond acceptors (Lipinski definition) is 2. The molecular formula is C17H11BrF2N2. The molecule has 0 unspecified atom stereocenters. The van der Waals surface area contributed by atoms with Crippen molar-refractivity contribution in [2.75, 3.05) is 0 Å². The third-order valence-electron chi connectivity index (χ3n) is 3.38. The predicted molar refractivity (Wildman–Crippen MR) is 85.3 cm³/mol. The summed E-state index contributed by atoms with van der Waals surface area (Å²) in [5, 5.41) is 8.02. The summed E-state index contributed by atoms with van der Waals surface area (Å²) in [5.41, 5.74) is 2.35. The fraction of sp³-hybridized carbons (Fsp3) is 0.0588. The van der Waals surface area contributed by atoms with Gasteiger partial charge in [0.25, 0.3) is 0 Å². The first kappa shape index (κ1) is 14.8. The number of aromatic nitrogens is 2. The zero-order valence-electron chi connectivity index (χ0n) is 11.6. The van der Waals surface area contributed by atoms with Crippen molar-refractivity contribution in [1.29, 1.82) is 0 Å². The Bertz CT molecular complexity index is 815. The van der Waals surface area contributed by atoms with Gasteiger partial charge in [-0.25, -0.2) is 8.78 Å². The molecule has 5 heteroatoms. The van der Waals surface area contributed by atoms with Crippen LogP contribution in [0.4, 0.5) is 8.78 Å². The molecule has 0 spiro atoms. The number of benzene rings is 2. The van der Waals surface area contributed by atoms with Gasteiger partial charge < -0.3 is 0 Å². The summed E-state index contributed by atoms with van der Waals surface area (Å²) in [6, 6.07) is 13.2. The Morgan fingerprint density at radius 2 is 1.41 bits per heavy atom. The normalized spacial score (nSPS) is 10.7. The smallest absolute Gasteiger partial charge is 0.137 e. The van der Waals surface area contributed by atoms with E-state index in [1.54, 1.807) is 6.92 Å². The van der Waals surface area contributed by atoms with Crippen LogP contribution >= 0.6 is 15.9 Å². The van der Waals surface area contributed by atoms with Crippen molar-refractivity contribution < 1.29 is 8.78 Å². The molecule has 0 aliphatic carbocycles. The molecule has 1 aromatic heterocycles. The van der Waals surface area contributed by atoms with Gasteiger partial charge in [0, 0.05) is 11.1 Å². The molecule has 0 aliphatic rings. The van der Waals surface area contributed by atoms with Crippen LogP contribution < -0.4 is 0 Å². The van der Waals surface area contributed by atoms with E-state index >= 15 is 0 Å². The maximum atomic E-state index is 14.2. The van der Waals surface area contributed by atoms with Crippen LogP contribution in [0.2, 0.25) is 0 Å². The van der Waals surface area contributed by atoms with E-state index in [4.69, 9.17) is 0 Å². The zero-order valence-corrected chi connectivity index (χ0v) is 13.2. The summed E-state index contributed by atoms with van der Waals surface area (Å²) in [7, 11) is 0. The minimum atomic E-state index is -0.634. The third-order valence-corrected chi connectivity index (χ3v) is 3.94. The molecule has 0 saturated carbocycles. The van der Waals surface area contributed by atoms with E-state index in [2.05, 4.69) is 26.1 Å². The lowest BCUT2D eigenvalue weighted by Crippen LogP contribution is -2.00. The van der Waals surface area contributed by atoms with E-state index in [9.17, 15) is 8.78 Å². The summed E-state index contributed by atoms with van der Waals surface area (Å²) in [6.45, 7) is 1.77. The molecule has 0 fully saturated rings. The Balaban J connectivity index is 2.40. The van der Waals surface area contributed by atoms with Gasteiger partial charge in [0.1, 0.15) is 16.2 Å². The summed E-state index contributed by atoms with van der Waals surface area (Å²) in [4.78, 5) is 0. The first-order chi connectivity index (χ1) is 10.6. The minimum absolute atomic E-state index is 0.105. The Kier molecular flexibility index (Phi) is 3.98. The molecule has 0 N–H and O–H groups in total. The molecule has 110 valence electrons. The Morgan fingerprint density at radius 1 is 0.773 bits per heavy atom. The topological polar surface area (TPSA) is 25.8 Å². The van der Waals surface area contributed by atoms with Gasteiger partial charge in [0.05, 0.1) is 11.3 Å². The lowest BCUT2D eigenvalue weighted by atomic mass is 9.94. The highest BCUT2D eigenvalue weighted by Crippen LogP contribution is 2.40. The molecular weight excluding hydrogens is 350 g/mol. The highest BCUT2D eigenvalue weighted by atomic mass is 79.9. The fourth-order valence-electron chi connectivity index (χ4n) is 2.43. The van der Waals surface area contributed by atoms with E-state index in [0.29, 0.717) is 21.4 Å². The standard InChI is InChI=1S/C17H11BrF2N2/c1-10-14(11-6-3-2-4-7-11)16(17(18)22-21-10)15-12(19)8-5-9-13(15)20/h2-9H,1H3. The van der Waals surface area contributed by atoms with E-state index in [-0.39, 0.29) is 5.56 Å². The van der Waals surface area contributed by atoms with Crippen molar-refractivity contribution in [1.82, 2.24) is 10.2 Å². The molecule has 3 rings (SSSR count). The molecule has 3 aromatic rings. The predicted octanol–water partition coefficient (Wildman–Crippen LogP) is 5.16. The van der Waals surface area contributed by atoms with Gasteiger partial charge in [-0.05, 0) is 40.5 Å². The van der Waals surface area contributed by atoms with E-state index in [0.717, 1.165) is 5.56 Å². The van der Waals surface area contributed by atoms with E-state index in [1.165, 1.54) is 18.2 Å². The van der Waals surface area contributed by atoms with E-state index in [1.807, 2.05) is 30.3 Å². The van der Waals surface area contributed by atoms with Crippen molar-refractivity contribution in [2.24, 2.45) is 0 Å². The van der Waals surface area contributed by atoms with Gasteiger partial charge in [-0.2, -0.15) is 5.10 Å². The summed E-state index contributed by atoms with van der Waals surface area (Å²) in [5.74, 6) is -1.27. The molecule has 1 heterocycles. The van der Waals surface area contributed by atoms with Crippen LogP contribution in [0.15, 0.2) is 53.1 Å². The summed E-state index contributed by atoms with van der Waals surface area (Å²) >= 11 is 3.28. The Labute approximate surface area is 135 Å². The number of nitrogens with zero attached hydrogens (tertiary/aromatic N) is 2. The summed E-state index contributed by atoms with van der Waals surface area (Å²) in [6.07, 6.45) is 0. The fourth-order valence-corrected chi connectivity index (χ4v) is 2.90. The molecule has 2 nitrogen and oxygen atoms in total. The van der Waals surface area contributed by atoms with Crippen molar-refractivity contribution in [2.45, 2.75) is 6.92 Å². The van der Waals surface area contributed by atoms with Crippen LogP contribution in [-0.2, 0) is 0 Å². The van der Waals surface area contributed by atoms with Crippen LogP contribution in [0.25, 0.3) is 22.3 Å². The average molecular weight is 361 g/mol. The lowest BCUT2D eigenvalue weighted by molar-refractivity contribution is 0.589. The first-order valence-electron chi connectivity index (χ1n) is 6.62. The largest absolute Gasteiger partial charge is 0.206 e. The van der Waals surface area contributed by atoms with Crippen LogP contribution in [0, 0.1) is 18.6 Å². The summed E-state index contributed by atoms with van der Waals surface area (Å²) < 4.78 is 28.8. The maximum absolute atomic E-state index is 14.2. The molecule has 0 saturated heterocycles. The van der Waals surface area contributed by atoms with Gasteiger partial charge >= 0.3 is 0 Å². The maximum Gasteiger partial charge on any atom is 0.137 e. The average Bonchev–Trinajstić information content (AvgIpc) is 2.51. The van der Waals surface area contributed by atoms with Crippen molar-refractivity contribution in [3.63, 3.8) is 0 Å². The first-order valence-corrected chi connectivity index (χ1v) is 7.41. The Morgan fingerprint density at radius 3 is 2.05 bits per heavy atom. The van der Waals surface area contributed by atoms with Crippen molar-refractivity contribution in [3.05, 3.63) is 70.5 Å². The van der Waals surface area contributed by atoms with Gasteiger partial charge in [0.2, 0.25) is 0 Å². The van der Waals surface area contributed by atoms with Crippen LogP contribution in [0.5, 0.6) is 0 Å². The van der Waals surface area contributed by atoms with Crippen molar-refractivity contribution in [3.8, 4) is 22.3 Å². The quantitative estimate of drug-likeness (QED) is 0.630. The Hall–Kier alpha value is -2.14. The van der Waals surface area contributed by atoms with Crippen LogP contribution in [0.3, 0.4) is 0 Å². The number of aryl methyl sites for hydroxylation is 1. The number of hydrogen-bond donors (Lipinski definition) is 0. The minimum Gasteiger partial charge on any atom is -0.206 e. The SMILES string of the molecule is Cc1nnc(Br)c(-c2c(F)cccc2F)c1-c1ccccc1. The van der Waals surface area contributed by atoms with Crippen LogP contribution in [0.1, 0.15) is 5.69 Å². The highest BCUT2D eigenvalue weighted by Gasteiger charge is 2.21. The lowest BCUT2D eigenvalue weighted by Gasteiger charge is -2.14. The molecule has 2 aromatic carbocycles. The number of rotatable bonds is 2. The van der Waals surface area contributed by atoms with Gasteiger partial charge in [0.15, 0.2) is 0 Å². The second kappa shape index (κ2) is 5.93. The van der Waals surface area contributed by atoms with Crippen molar-refractivity contribution >= 4 is 15.9 Å². The van der Waals surface area contributed by atoms with Gasteiger partial charge in [-0.3, -0.25) is 0 Å². The van der Waals surface area contributed by atoms with Gasteiger partial charge in [-0.15, -0.1) is 5.10 Å². The second-order valence-electron chi connectivity index (χ2n) is 4.79. The molecule has 0 atom stereocenters. The third kappa shape index (κ3) is 2.52. The highest BCUT2D eigenvalue weighted by molar-refractivity contribution is 9.10.